The van der Waals surface area contributed by atoms with E-state index in [1.165, 1.54) is 0 Å². The van der Waals surface area contributed by atoms with Crippen LogP contribution in [0.2, 0.25) is 0 Å². The van der Waals surface area contributed by atoms with Gasteiger partial charge in [-0.05, 0) is 18.4 Å². The second-order valence-electron chi connectivity index (χ2n) is 4.84. The first kappa shape index (κ1) is 10.3. The molecule has 1 heterocycles. The summed E-state index contributed by atoms with van der Waals surface area (Å²) < 4.78 is 12.8. The Kier molecular flexibility index (Phi) is 2.14. The molecule has 0 spiro atoms. The number of hydrogen-bond donors (Lipinski definition) is 1. The fourth-order valence-corrected chi connectivity index (χ4v) is 6.24. The zero-order valence-electron chi connectivity index (χ0n) is 9.10. The lowest BCUT2D eigenvalue weighted by Gasteiger charge is -2.19. The van der Waals surface area contributed by atoms with E-state index in [0.717, 1.165) is 23.7 Å². The molecule has 0 bridgehead atoms. The molecule has 2 nitrogen and oxygen atoms in total. The maximum Gasteiger partial charge on any atom is 0.122 e. The van der Waals surface area contributed by atoms with Crippen molar-refractivity contribution in [1.82, 2.24) is 0 Å². The van der Waals surface area contributed by atoms with Crippen molar-refractivity contribution < 1.29 is 9.67 Å². The van der Waals surface area contributed by atoms with Crippen molar-refractivity contribution in [2.45, 2.75) is 18.4 Å². The highest BCUT2D eigenvalue weighted by molar-refractivity contribution is 7.72. The van der Waals surface area contributed by atoms with E-state index in [0.29, 0.717) is 12.3 Å². The van der Waals surface area contributed by atoms with Gasteiger partial charge in [0.1, 0.15) is 7.14 Å². The lowest BCUT2D eigenvalue weighted by Crippen LogP contribution is -2.27. The van der Waals surface area contributed by atoms with Gasteiger partial charge in [-0.1, -0.05) is 36.4 Å². The van der Waals surface area contributed by atoms with E-state index < -0.39 is 12.7 Å². The van der Waals surface area contributed by atoms with Crippen LogP contribution in [0.5, 0.6) is 0 Å². The Bertz CT molecular complexity index is 492. The number of fused-ring (bicyclic) bond motifs is 1. The predicted molar refractivity (Wildman–Crippen MR) is 65.7 cm³/mol. The van der Waals surface area contributed by atoms with E-state index in [1.807, 2.05) is 30.3 Å². The zero-order valence-corrected chi connectivity index (χ0v) is 9.99. The van der Waals surface area contributed by atoms with Crippen LogP contribution in [0.15, 0.2) is 42.0 Å². The van der Waals surface area contributed by atoms with Gasteiger partial charge in [0.2, 0.25) is 0 Å². The van der Waals surface area contributed by atoms with Crippen molar-refractivity contribution in [2.75, 3.05) is 12.3 Å². The second-order valence-corrected chi connectivity index (χ2v) is 7.77. The fraction of sp³-hybridized carbons (Fsp3) is 0.385. The van der Waals surface area contributed by atoms with Crippen molar-refractivity contribution in [1.29, 1.82) is 0 Å². The minimum absolute atomic E-state index is 0.440. The Morgan fingerprint density at radius 2 is 2.00 bits per heavy atom. The third kappa shape index (κ3) is 1.41. The molecule has 3 rings (SSSR count). The van der Waals surface area contributed by atoms with Gasteiger partial charge in [0.05, 0.1) is 5.60 Å². The van der Waals surface area contributed by atoms with E-state index in [-0.39, 0.29) is 0 Å². The lowest BCUT2D eigenvalue weighted by atomic mass is 10.0. The van der Waals surface area contributed by atoms with Crippen LogP contribution in [0.1, 0.15) is 12.8 Å². The van der Waals surface area contributed by atoms with Crippen LogP contribution in [0.4, 0.5) is 0 Å². The van der Waals surface area contributed by atoms with Crippen molar-refractivity contribution in [3.05, 3.63) is 42.0 Å². The van der Waals surface area contributed by atoms with Gasteiger partial charge in [-0.3, -0.25) is 0 Å². The molecule has 1 aromatic carbocycles. The molecule has 3 heteroatoms. The molecule has 0 amide bonds. The van der Waals surface area contributed by atoms with Gasteiger partial charge in [-0.15, -0.1) is 0 Å². The molecule has 16 heavy (non-hydrogen) atoms. The van der Waals surface area contributed by atoms with Crippen LogP contribution in [0.3, 0.4) is 0 Å². The fourth-order valence-electron chi connectivity index (χ4n) is 2.86. The molecule has 0 radical (unpaired) electrons. The maximum absolute atomic E-state index is 12.8. The van der Waals surface area contributed by atoms with Crippen LogP contribution in [-0.2, 0) is 4.57 Å². The highest BCUT2D eigenvalue weighted by Gasteiger charge is 2.49. The average molecular weight is 234 g/mol. The Morgan fingerprint density at radius 3 is 2.69 bits per heavy atom. The van der Waals surface area contributed by atoms with Gasteiger partial charge < -0.3 is 9.67 Å². The number of rotatable bonds is 1. The summed E-state index contributed by atoms with van der Waals surface area (Å²) in [5.41, 5.74) is 0.255. The average Bonchev–Trinajstić information content (AvgIpc) is 2.71. The zero-order chi connectivity index (χ0) is 11.2. The molecule has 2 atom stereocenters. The van der Waals surface area contributed by atoms with E-state index in [1.54, 1.807) is 0 Å². The van der Waals surface area contributed by atoms with Crippen LogP contribution in [0.25, 0.3) is 0 Å². The third-order valence-corrected chi connectivity index (χ3v) is 6.84. The highest BCUT2D eigenvalue weighted by Crippen LogP contribution is 2.59. The number of benzene rings is 1. The van der Waals surface area contributed by atoms with Crippen LogP contribution in [-0.4, -0.2) is 23.0 Å². The van der Waals surface area contributed by atoms with Gasteiger partial charge in [0.25, 0.3) is 0 Å². The standard InChI is InChI=1S/C13H15O2P/c14-13-8-4-5-11(13)9-16(15,10-13)12-6-2-1-3-7-12/h1-3,5-7,14H,4,8-10H2. The smallest absolute Gasteiger partial charge is 0.122 e. The summed E-state index contributed by atoms with van der Waals surface area (Å²) in [7, 11) is -2.38. The van der Waals surface area contributed by atoms with E-state index >= 15 is 0 Å². The summed E-state index contributed by atoms with van der Waals surface area (Å²) >= 11 is 0. The van der Waals surface area contributed by atoms with Gasteiger partial charge in [0, 0.05) is 17.6 Å². The SMILES string of the molecule is O=P1(c2ccccc2)CC2=CCCC2(O)C1. The second kappa shape index (κ2) is 3.32. The number of aliphatic hydroxyl groups is 1. The van der Waals surface area contributed by atoms with E-state index in [9.17, 15) is 9.67 Å². The quantitative estimate of drug-likeness (QED) is 0.597. The van der Waals surface area contributed by atoms with Gasteiger partial charge in [-0.2, -0.15) is 0 Å². The summed E-state index contributed by atoms with van der Waals surface area (Å²) in [6, 6.07) is 9.61. The molecule has 1 aromatic rings. The number of allylic oxidation sites excluding steroid dienone is 1. The summed E-state index contributed by atoms with van der Waals surface area (Å²) in [5, 5.41) is 11.3. The topological polar surface area (TPSA) is 37.3 Å². The lowest BCUT2D eigenvalue weighted by molar-refractivity contribution is 0.109. The van der Waals surface area contributed by atoms with E-state index in [4.69, 9.17) is 0 Å². The molecule has 0 saturated carbocycles. The Morgan fingerprint density at radius 1 is 1.25 bits per heavy atom. The van der Waals surface area contributed by atoms with Gasteiger partial charge in [-0.25, -0.2) is 0 Å². The molecule has 1 saturated heterocycles. The van der Waals surface area contributed by atoms with Crippen molar-refractivity contribution in [3.63, 3.8) is 0 Å². The molecule has 1 fully saturated rings. The minimum Gasteiger partial charge on any atom is -0.385 e. The van der Waals surface area contributed by atoms with Crippen LogP contribution in [0, 0.1) is 0 Å². The molecule has 1 aliphatic heterocycles. The van der Waals surface area contributed by atoms with E-state index in [2.05, 4.69) is 6.08 Å². The van der Waals surface area contributed by atoms with Crippen LogP contribution >= 0.6 is 7.14 Å². The molecule has 1 aliphatic carbocycles. The maximum atomic E-state index is 12.8. The Balaban J connectivity index is 2.02. The summed E-state index contributed by atoms with van der Waals surface area (Å²) in [6.45, 7) is 0. The first-order valence-electron chi connectivity index (χ1n) is 5.68. The van der Waals surface area contributed by atoms with Gasteiger partial charge >= 0.3 is 0 Å². The minimum atomic E-state index is -2.38. The number of hydrogen-bond acceptors (Lipinski definition) is 2. The molecular weight excluding hydrogens is 219 g/mol. The largest absolute Gasteiger partial charge is 0.385 e. The predicted octanol–water partition coefficient (Wildman–Crippen LogP) is 2.14. The molecule has 2 unspecified atom stereocenters. The summed E-state index contributed by atoms with van der Waals surface area (Å²) in [4.78, 5) is 0. The molecule has 0 aromatic heterocycles. The van der Waals surface area contributed by atoms with Crippen LogP contribution < -0.4 is 5.30 Å². The Labute approximate surface area is 95.4 Å². The highest BCUT2D eigenvalue weighted by atomic mass is 31.2. The summed E-state index contributed by atoms with van der Waals surface area (Å²) in [6.07, 6.45) is 4.77. The normalized spacial score (nSPS) is 37.2. The molecule has 1 N–H and O–H groups in total. The first-order chi connectivity index (χ1) is 7.62. The van der Waals surface area contributed by atoms with Gasteiger partial charge in [0.15, 0.2) is 0 Å². The third-order valence-electron chi connectivity index (χ3n) is 3.72. The summed E-state index contributed by atoms with van der Waals surface area (Å²) in [5.74, 6) is 0. The monoisotopic (exact) mass is 234 g/mol. The van der Waals surface area contributed by atoms with Crippen molar-refractivity contribution in [3.8, 4) is 0 Å². The molecule has 84 valence electrons. The van der Waals surface area contributed by atoms with Crippen molar-refractivity contribution >= 4 is 12.4 Å². The van der Waals surface area contributed by atoms with Crippen molar-refractivity contribution in [2.24, 2.45) is 0 Å². The Hall–Kier alpha value is -0.850. The molecule has 2 aliphatic rings. The first-order valence-corrected chi connectivity index (χ1v) is 7.76. The molecular formula is C13H15O2P.